The summed E-state index contributed by atoms with van der Waals surface area (Å²) in [5.74, 6) is -0.0618. The van der Waals surface area contributed by atoms with E-state index in [4.69, 9.17) is 0 Å². The standard InChI is InChI=1S/C13H19F3N4O/c1-3-10-12(21)17-5-4-6-20(10)8-9-7-11(13(14,15)16)18-19(9)2/h7,10H,3-6,8H2,1-2H3,(H,17,21)/t10-/m0/s1. The minimum Gasteiger partial charge on any atom is -0.355 e. The minimum absolute atomic E-state index is 0.0618. The van der Waals surface area contributed by atoms with Crippen molar-refractivity contribution in [3.63, 3.8) is 0 Å². The molecule has 1 fully saturated rings. The molecule has 0 aliphatic carbocycles. The van der Waals surface area contributed by atoms with E-state index in [1.165, 1.54) is 11.7 Å². The highest BCUT2D eigenvalue weighted by Gasteiger charge is 2.35. The number of amides is 1. The van der Waals surface area contributed by atoms with Crippen molar-refractivity contribution in [2.24, 2.45) is 7.05 Å². The van der Waals surface area contributed by atoms with Gasteiger partial charge >= 0.3 is 6.18 Å². The predicted octanol–water partition coefficient (Wildman–Crippen LogP) is 1.54. The van der Waals surface area contributed by atoms with Crippen LogP contribution in [0.5, 0.6) is 0 Å². The van der Waals surface area contributed by atoms with Gasteiger partial charge in [-0.05, 0) is 18.9 Å². The maximum Gasteiger partial charge on any atom is 0.435 e. The van der Waals surface area contributed by atoms with Crippen molar-refractivity contribution in [3.8, 4) is 0 Å². The minimum atomic E-state index is -4.45. The van der Waals surface area contributed by atoms with Crippen molar-refractivity contribution in [2.75, 3.05) is 13.1 Å². The zero-order valence-corrected chi connectivity index (χ0v) is 12.1. The Morgan fingerprint density at radius 2 is 2.19 bits per heavy atom. The van der Waals surface area contributed by atoms with Gasteiger partial charge in [0.2, 0.25) is 5.91 Å². The highest BCUT2D eigenvalue weighted by Crippen LogP contribution is 2.28. The lowest BCUT2D eigenvalue weighted by Crippen LogP contribution is -2.43. The Labute approximate surface area is 121 Å². The highest BCUT2D eigenvalue weighted by molar-refractivity contribution is 5.81. The lowest BCUT2D eigenvalue weighted by molar-refractivity contribution is -0.141. The number of hydrogen-bond donors (Lipinski definition) is 1. The van der Waals surface area contributed by atoms with Crippen LogP contribution < -0.4 is 5.32 Å². The second-order valence-electron chi connectivity index (χ2n) is 5.18. The number of carbonyl (C=O) groups excluding carboxylic acids is 1. The first kappa shape index (κ1) is 15.8. The molecule has 1 aromatic rings. The Morgan fingerprint density at radius 3 is 2.76 bits per heavy atom. The highest BCUT2D eigenvalue weighted by atomic mass is 19.4. The van der Waals surface area contributed by atoms with E-state index >= 15 is 0 Å². The van der Waals surface area contributed by atoms with Gasteiger partial charge in [0.05, 0.1) is 11.7 Å². The second-order valence-corrected chi connectivity index (χ2v) is 5.18. The van der Waals surface area contributed by atoms with Gasteiger partial charge in [0, 0.05) is 26.7 Å². The third-order valence-corrected chi connectivity index (χ3v) is 3.68. The number of nitrogens with zero attached hydrogens (tertiary/aromatic N) is 3. The van der Waals surface area contributed by atoms with Crippen LogP contribution in [0.1, 0.15) is 31.2 Å². The lowest BCUT2D eigenvalue weighted by Gasteiger charge is -2.27. The smallest absolute Gasteiger partial charge is 0.355 e. The number of aryl methyl sites for hydroxylation is 1. The molecule has 118 valence electrons. The first-order valence-electron chi connectivity index (χ1n) is 6.94. The van der Waals surface area contributed by atoms with Crippen LogP contribution in [0.3, 0.4) is 0 Å². The summed E-state index contributed by atoms with van der Waals surface area (Å²) in [7, 11) is 1.49. The summed E-state index contributed by atoms with van der Waals surface area (Å²) >= 11 is 0. The number of alkyl halides is 3. The zero-order valence-electron chi connectivity index (χ0n) is 12.1. The summed E-state index contributed by atoms with van der Waals surface area (Å²) in [5.41, 5.74) is -0.442. The maximum absolute atomic E-state index is 12.7. The van der Waals surface area contributed by atoms with Crippen LogP contribution in [0.2, 0.25) is 0 Å². The molecule has 5 nitrogen and oxygen atoms in total. The summed E-state index contributed by atoms with van der Waals surface area (Å²) in [4.78, 5) is 13.9. The van der Waals surface area contributed by atoms with E-state index in [-0.39, 0.29) is 18.5 Å². The monoisotopic (exact) mass is 304 g/mol. The molecule has 1 saturated heterocycles. The molecule has 1 aliphatic heterocycles. The van der Waals surface area contributed by atoms with Gasteiger partial charge in [-0.3, -0.25) is 14.4 Å². The van der Waals surface area contributed by atoms with E-state index in [1.807, 2.05) is 11.8 Å². The molecule has 2 heterocycles. The molecule has 2 rings (SSSR count). The Balaban J connectivity index is 2.19. The first-order chi connectivity index (χ1) is 9.82. The fraction of sp³-hybridized carbons (Fsp3) is 0.692. The molecule has 0 aromatic carbocycles. The molecule has 0 unspecified atom stereocenters. The molecule has 1 amide bonds. The van der Waals surface area contributed by atoms with Crippen molar-refractivity contribution in [1.29, 1.82) is 0 Å². The third kappa shape index (κ3) is 3.55. The fourth-order valence-corrected chi connectivity index (χ4v) is 2.57. The summed E-state index contributed by atoms with van der Waals surface area (Å²) in [5, 5.41) is 6.33. The molecule has 0 spiro atoms. The van der Waals surface area contributed by atoms with Gasteiger partial charge in [0.15, 0.2) is 5.69 Å². The summed E-state index contributed by atoms with van der Waals surface area (Å²) in [6.45, 7) is 3.45. The molecular weight excluding hydrogens is 285 g/mol. The average molecular weight is 304 g/mol. The second kappa shape index (κ2) is 6.05. The van der Waals surface area contributed by atoms with Gasteiger partial charge in [-0.2, -0.15) is 18.3 Å². The van der Waals surface area contributed by atoms with E-state index in [0.717, 1.165) is 12.5 Å². The zero-order chi connectivity index (χ0) is 15.6. The van der Waals surface area contributed by atoms with Gasteiger partial charge in [0.25, 0.3) is 0 Å². The SMILES string of the molecule is CC[C@H]1C(=O)NCCCN1Cc1cc(C(F)(F)F)nn1C. The van der Waals surface area contributed by atoms with Crippen molar-refractivity contribution in [2.45, 2.75) is 38.5 Å². The van der Waals surface area contributed by atoms with Crippen LogP contribution in [-0.4, -0.2) is 39.7 Å². The van der Waals surface area contributed by atoms with Crippen molar-refractivity contribution in [1.82, 2.24) is 20.0 Å². The fourth-order valence-electron chi connectivity index (χ4n) is 2.57. The summed E-state index contributed by atoms with van der Waals surface area (Å²) in [6.07, 6.45) is -3.04. The van der Waals surface area contributed by atoms with E-state index in [9.17, 15) is 18.0 Å². The molecule has 21 heavy (non-hydrogen) atoms. The molecule has 1 atom stereocenters. The third-order valence-electron chi connectivity index (χ3n) is 3.68. The predicted molar refractivity (Wildman–Crippen MR) is 70.3 cm³/mol. The van der Waals surface area contributed by atoms with Crippen LogP contribution in [-0.2, 0) is 24.6 Å². The van der Waals surface area contributed by atoms with E-state index in [1.54, 1.807) is 0 Å². The van der Waals surface area contributed by atoms with Gasteiger partial charge in [-0.25, -0.2) is 0 Å². The quantitative estimate of drug-likeness (QED) is 0.921. The van der Waals surface area contributed by atoms with Crippen molar-refractivity contribution >= 4 is 5.91 Å². The Bertz CT molecular complexity index is 512. The number of aromatic nitrogens is 2. The number of nitrogens with one attached hydrogen (secondary N) is 1. The molecule has 0 bridgehead atoms. The van der Waals surface area contributed by atoms with Crippen LogP contribution in [0, 0.1) is 0 Å². The molecule has 1 aliphatic rings. The first-order valence-corrected chi connectivity index (χ1v) is 6.94. The van der Waals surface area contributed by atoms with E-state index in [0.29, 0.717) is 25.2 Å². The Hall–Kier alpha value is -1.57. The van der Waals surface area contributed by atoms with Gasteiger partial charge in [0.1, 0.15) is 0 Å². The molecule has 8 heteroatoms. The topological polar surface area (TPSA) is 50.2 Å². The van der Waals surface area contributed by atoms with Gasteiger partial charge < -0.3 is 5.32 Å². The van der Waals surface area contributed by atoms with Crippen LogP contribution >= 0.6 is 0 Å². The van der Waals surface area contributed by atoms with Crippen molar-refractivity contribution < 1.29 is 18.0 Å². The number of rotatable bonds is 3. The van der Waals surface area contributed by atoms with Crippen molar-refractivity contribution in [3.05, 3.63) is 17.5 Å². The molecule has 1 aromatic heterocycles. The van der Waals surface area contributed by atoms with Gasteiger partial charge in [-0.1, -0.05) is 6.92 Å². The van der Waals surface area contributed by atoms with Crippen LogP contribution in [0.25, 0.3) is 0 Å². The number of halogens is 3. The summed E-state index contributed by atoms with van der Waals surface area (Å²) in [6, 6.07) is 0.743. The normalized spacial score (nSPS) is 21.2. The van der Waals surface area contributed by atoms with Gasteiger partial charge in [-0.15, -0.1) is 0 Å². The summed E-state index contributed by atoms with van der Waals surface area (Å²) < 4.78 is 39.3. The Morgan fingerprint density at radius 1 is 1.48 bits per heavy atom. The Kier molecular flexibility index (Phi) is 4.55. The molecular formula is C13H19F3N4O. The lowest BCUT2D eigenvalue weighted by atomic mass is 10.1. The maximum atomic E-state index is 12.7. The number of hydrogen-bond acceptors (Lipinski definition) is 3. The van der Waals surface area contributed by atoms with E-state index < -0.39 is 11.9 Å². The average Bonchev–Trinajstić information content (AvgIpc) is 2.66. The molecule has 0 radical (unpaired) electrons. The molecule has 1 N–H and O–H groups in total. The van der Waals surface area contributed by atoms with Crippen LogP contribution in [0.15, 0.2) is 6.07 Å². The molecule has 0 saturated carbocycles. The van der Waals surface area contributed by atoms with Crippen LogP contribution in [0.4, 0.5) is 13.2 Å². The number of carbonyl (C=O) groups is 1. The van der Waals surface area contributed by atoms with E-state index in [2.05, 4.69) is 10.4 Å². The largest absolute Gasteiger partial charge is 0.435 e.